The van der Waals surface area contributed by atoms with Gasteiger partial charge in [-0.2, -0.15) is 13.2 Å². The second-order valence-electron chi connectivity index (χ2n) is 5.61. The van der Waals surface area contributed by atoms with Crippen molar-refractivity contribution in [2.75, 3.05) is 6.54 Å². The molecule has 0 atom stereocenters. The lowest BCUT2D eigenvalue weighted by Crippen LogP contribution is -2.26. The van der Waals surface area contributed by atoms with Gasteiger partial charge >= 0.3 is 6.18 Å². The highest BCUT2D eigenvalue weighted by Crippen LogP contribution is 2.40. The average Bonchev–Trinajstić information content (AvgIpc) is 3.39. The molecule has 1 N–H and O–H groups in total. The predicted molar refractivity (Wildman–Crippen MR) is 79.3 cm³/mol. The highest BCUT2D eigenvalue weighted by molar-refractivity contribution is 5.93. The van der Waals surface area contributed by atoms with E-state index in [0.29, 0.717) is 11.3 Å². The van der Waals surface area contributed by atoms with E-state index in [2.05, 4.69) is 20.3 Å². The summed E-state index contributed by atoms with van der Waals surface area (Å²) in [6, 6.07) is 4.14. The van der Waals surface area contributed by atoms with Crippen molar-refractivity contribution in [1.82, 2.24) is 20.3 Å². The molecule has 1 saturated carbocycles. The molecule has 2 heterocycles. The van der Waals surface area contributed by atoms with Crippen LogP contribution < -0.4 is 5.32 Å². The number of rotatable bonds is 5. The van der Waals surface area contributed by atoms with Crippen LogP contribution in [0.4, 0.5) is 13.2 Å². The van der Waals surface area contributed by atoms with E-state index in [1.165, 1.54) is 12.4 Å². The van der Waals surface area contributed by atoms with Crippen molar-refractivity contribution >= 4 is 5.91 Å². The third-order valence-corrected chi connectivity index (χ3v) is 3.66. The molecule has 3 rings (SSSR count). The van der Waals surface area contributed by atoms with Gasteiger partial charge in [0.25, 0.3) is 5.91 Å². The lowest BCUT2D eigenvalue weighted by molar-refractivity contribution is -0.141. The number of alkyl halides is 3. The second kappa shape index (κ2) is 6.54. The van der Waals surface area contributed by atoms with Gasteiger partial charge in [-0.15, -0.1) is 0 Å². The molecule has 24 heavy (non-hydrogen) atoms. The minimum Gasteiger partial charge on any atom is -0.352 e. The Morgan fingerprint density at radius 3 is 2.54 bits per heavy atom. The van der Waals surface area contributed by atoms with Gasteiger partial charge in [0.1, 0.15) is 11.5 Å². The summed E-state index contributed by atoms with van der Waals surface area (Å²) in [7, 11) is 0. The number of nitrogens with zero attached hydrogens (tertiary/aromatic N) is 3. The molecule has 0 bridgehead atoms. The van der Waals surface area contributed by atoms with Crippen LogP contribution >= 0.6 is 0 Å². The number of nitrogens with one attached hydrogen (secondary N) is 1. The molecule has 0 aliphatic heterocycles. The Bertz CT molecular complexity index is 730. The molecular weight excluding hydrogens is 321 g/mol. The smallest absolute Gasteiger partial charge is 0.352 e. The van der Waals surface area contributed by atoms with Crippen LogP contribution in [0.15, 0.2) is 30.6 Å². The molecule has 126 valence electrons. The fourth-order valence-electron chi connectivity index (χ4n) is 2.26. The molecule has 1 aliphatic carbocycles. The third kappa shape index (κ3) is 4.06. The fourth-order valence-corrected chi connectivity index (χ4v) is 2.26. The van der Waals surface area contributed by atoms with Crippen molar-refractivity contribution in [3.8, 4) is 0 Å². The number of aromatic nitrogens is 3. The topological polar surface area (TPSA) is 67.8 Å². The van der Waals surface area contributed by atoms with Crippen molar-refractivity contribution < 1.29 is 18.0 Å². The number of carbonyl (C=O) groups is 1. The summed E-state index contributed by atoms with van der Waals surface area (Å²) in [6.07, 6.45) is 0.334. The Labute approximate surface area is 136 Å². The Balaban J connectivity index is 1.66. The van der Waals surface area contributed by atoms with Gasteiger partial charge in [-0.1, -0.05) is 0 Å². The largest absolute Gasteiger partial charge is 0.433 e. The zero-order chi connectivity index (χ0) is 17.2. The van der Waals surface area contributed by atoms with E-state index in [4.69, 9.17) is 0 Å². The van der Waals surface area contributed by atoms with Crippen molar-refractivity contribution in [3.05, 3.63) is 53.4 Å². The summed E-state index contributed by atoms with van der Waals surface area (Å²) < 4.78 is 38.8. The second-order valence-corrected chi connectivity index (χ2v) is 5.61. The first-order chi connectivity index (χ1) is 11.4. The minimum atomic E-state index is -4.50. The SMILES string of the molecule is O=C(NCCc1nc(C2CC2)cc(C(F)(F)F)n1)c1ccncc1. The molecular formula is C16H15F3N4O. The van der Waals surface area contributed by atoms with E-state index in [0.717, 1.165) is 18.9 Å². The maximum atomic E-state index is 12.9. The molecule has 0 aromatic carbocycles. The Morgan fingerprint density at radius 2 is 1.92 bits per heavy atom. The zero-order valence-corrected chi connectivity index (χ0v) is 12.7. The van der Waals surface area contributed by atoms with Crippen LogP contribution in [0.2, 0.25) is 0 Å². The summed E-state index contributed by atoms with van der Waals surface area (Å²) in [5.41, 5.74) is -0.0451. The minimum absolute atomic E-state index is 0.0965. The van der Waals surface area contributed by atoms with Gasteiger partial charge in [-0.25, -0.2) is 9.97 Å². The molecule has 5 nitrogen and oxygen atoms in total. The van der Waals surface area contributed by atoms with E-state index >= 15 is 0 Å². The van der Waals surface area contributed by atoms with Crippen LogP contribution in [0.5, 0.6) is 0 Å². The number of carbonyl (C=O) groups excluding carboxylic acids is 1. The molecule has 2 aromatic rings. The molecule has 1 aliphatic rings. The standard InChI is InChI=1S/C16H15F3N4O/c17-16(18,19)13-9-12(10-1-2-10)22-14(23-13)5-8-21-15(24)11-3-6-20-7-4-11/h3-4,6-7,9-10H,1-2,5,8H2,(H,21,24). The maximum Gasteiger partial charge on any atom is 0.433 e. The molecule has 0 unspecified atom stereocenters. The summed E-state index contributed by atoms with van der Waals surface area (Å²) in [6.45, 7) is 0.159. The van der Waals surface area contributed by atoms with E-state index in [1.807, 2.05) is 0 Å². The normalized spacial score (nSPS) is 14.5. The van der Waals surface area contributed by atoms with Crippen molar-refractivity contribution in [2.24, 2.45) is 0 Å². The molecule has 1 fully saturated rings. The summed E-state index contributed by atoms with van der Waals surface area (Å²) in [5.74, 6) is -0.118. The number of pyridine rings is 1. The number of halogens is 3. The van der Waals surface area contributed by atoms with Gasteiger partial charge in [0.15, 0.2) is 0 Å². The van der Waals surface area contributed by atoms with Gasteiger partial charge in [0, 0.05) is 42.5 Å². The van der Waals surface area contributed by atoms with Gasteiger partial charge in [0.2, 0.25) is 0 Å². The molecule has 0 saturated heterocycles. The highest BCUT2D eigenvalue weighted by atomic mass is 19.4. The summed E-state index contributed by atoms with van der Waals surface area (Å²) >= 11 is 0. The monoisotopic (exact) mass is 336 g/mol. The first-order valence-electron chi connectivity index (χ1n) is 7.57. The maximum absolute atomic E-state index is 12.9. The Morgan fingerprint density at radius 1 is 1.21 bits per heavy atom. The fraction of sp³-hybridized carbons (Fsp3) is 0.375. The summed E-state index contributed by atoms with van der Waals surface area (Å²) in [4.78, 5) is 23.5. The number of hydrogen-bond donors (Lipinski definition) is 1. The lowest BCUT2D eigenvalue weighted by atomic mass is 10.2. The molecule has 8 heteroatoms. The van der Waals surface area contributed by atoms with E-state index in [1.54, 1.807) is 12.1 Å². The average molecular weight is 336 g/mol. The van der Waals surface area contributed by atoms with Gasteiger partial charge in [-0.05, 0) is 31.0 Å². The van der Waals surface area contributed by atoms with Crippen LogP contribution in [-0.4, -0.2) is 27.4 Å². The number of hydrogen-bond acceptors (Lipinski definition) is 4. The van der Waals surface area contributed by atoms with Crippen LogP contribution in [0, 0.1) is 0 Å². The quantitative estimate of drug-likeness (QED) is 0.912. The number of amides is 1. The van der Waals surface area contributed by atoms with Crippen LogP contribution in [0.1, 0.15) is 46.3 Å². The van der Waals surface area contributed by atoms with Crippen molar-refractivity contribution in [3.63, 3.8) is 0 Å². The Hall–Kier alpha value is -2.51. The molecule has 0 spiro atoms. The van der Waals surface area contributed by atoms with Gasteiger partial charge < -0.3 is 5.32 Å². The van der Waals surface area contributed by atoms with Gasteiger partial charge in [-0.3, -0.25) is 9.78 Å². The first-order valence-corrected chi connectivity index (χ1v) is 7.57. The predicted octanol–water partition coefficient (Wildman–Crippen LogP) is 2.74. The van der Waals surface area contributed by atoms with E-state index in [-0.39, 0.29) is 30.6 Å². The van der Waals surface area contributed by atoms with E-state index in [9.17, 15) is 18.0 Å². The van der Waals surface area contributed by atoms with Crippen molar-refractivity contribution in [1.29, 1.82) is 0 Å². The Kier molecular flexibility index (Phi) is 4.46. The third-order valence-electron chi connectivity index (χ3n) is 3.66. The lowest BCUT2D eigenvalue weighted by Gasteiger charge is -2.10. The molecule has 0 radical (unpaired) electrons. The van der Waals surface area contributed by atoms with Crippen LogP contribution in [0.25, 0.3) is 0 Å². The van der Waals surface area contributed by atoms with Crippen LogP contribution in [-0.2, 0) is 12.6 Å². The zero-order valence-electron chi connectivity index (χ0n) is 12.7. The highest BCUT2D eigenvalue weighted by Gasteiger charge is 2.35. The van der Waals surface area contributed by atoms with Gasteiger partial charge in [0.05, 0.1) is 0 Å². The molecule has 2 aromatic heterocycles. The molecule has 1 amide bonds. The van der Waals surface area contributed by atoms with Crippen molar-refractivity contribution in [2.45, 2.75) is 31.4 Å². The van der Waals surface area contributed by atoms with E-state index < -0.39 is 11.9 Å². The first kappa shape index (κ1) is 16.4. The van der Waals surface area contributed by atoms with Crippen LogP contribution in [0.3, 0.4) is 0 Å². The summed E-state index contributed by atoms with van der Waals surface area (Å²) in [5, 5.41) is 2.64.